The van der Waals surface area contributed by atoms with Gasteiger partial charge in [-0.1, -0.05) is 39.0 Å². The Morgan fingerprint density at radius 1 is 1.24 bits per heavy atom. The first-order valence-corrected chi connectivity index (χ1v) is 7.16. The first-order chi connectivity index (χ1) is 8.25. The number of ether oxygens (including phenoxy) is 1. The molecule has 0 aliphatic carbocycles. The van der Waals surface area contributed by atoms with E-state index in [0.717, 1.165) is 26.0 Å². The van der Waals surface area contributed by atoms with Crippen LogP contribution in [-0.4, -0.2) is 30.2 Å². The van der Waals surface area contributed by atoms with Gasteiger partial charge in [-0.05, 0) is 19.8 Å². The molecule has 0 spiro atoms. The lowest BCUT2D eigenvalue weighted by Crippen LogP contribution is -2.36. The number of hydrogen-bond acceptors (Lipinski definition) is 2. The zero-order chi connectivity index (χ0) is 12.5. The highest BCUT2D eigenvalue weighted by atomic mass is 16.5. The maximum atomic E-state index is 11.5. The van der Waals surface area contributed by atoms with Gasteiger partial charge in [0.05, 0.1) is 0 Å². The van der Waals surface area contributed by atoms with Gasteiger partial charge in [-0.25, -0.2) is 0 Å². The van der Waals surface area contributed by atoms with Gasteiger partial charge in [-0.2, -0.15) is 0 Å². The maximum absolute atomic E-state index is 11.5. The van der Waals surface area contributed by atoms with Gasteiger partial charge in [0.1, 0.15) is 6.23 Å². The van der Waals surface area contributed by atoms with E-state index < -0.39 is 0 Å². The van der Waals surface area contributed by atoms with Crippen LogP contribution < -0.4 is 0 Å². The van der Waals surface area contributed by atoms with E-state index in [0.29, 0.717) is 6.42 Å². The third-order valence-electron chi connectivity index (χ3n) is 3.41. The Balaban J connectivity index is 1.96. The van der Waals surface area contributed by atoms with Gasteiger partial charge in [-0.15, -0.1) is 0 Å². The largest absolute Gasteiger partial charge is 0.359 e. The number of unbranched alkanes of at least 4 members (excludes halogenated alkanes) is 5. The number of nitrogens with zero attached hydrogens (tertiary/aromatic N) is 1. The fraction of sp³-hybridized carbons (Fsp3) is 0.929. The van der Waals surface area contributed by atoms with Crippen LogP contribution in [0, 0.1) is 0 Å². The molecular weight excluding hydrogens is 214 g/mol. The standard InChI is InChI=1S/C14H27NO2/c1-3-4-5-6-7-8-12-17-13(2)15-11-9-10-14(15)16/h13H,3-12H2,1-2H3. The third-order valence-corrected chi connectivity index (χ3v) is 3.41. The Kier molecular flexibility index (Phi) is 7.25. The number of hydrogen-bond donors (Lipinski definition) is 0. The van der Waals surface area contributed by atoms with E-state index in [1.54, 1.807) is 0 Å². The highest BCUT2D eigenvalue weighted by Crippen LogP contribution is 2.14. The zero-order valence-corrected chi connectivity index (χ0v) is 11.4. The normalized spacial score (nSPS) is 17.8. The average molecular weight is 241 g/mol. The fourth-order valence-corrected chi connectivity index (χ4v) is 2.28. The topological polar surface area (TPSA) is 29.5 Å². The summed E-state index contributed by atoms with van der Waals surface area (Å²) < 4.78 is 5.71. The van der Waals surface area contributed by atoms with Crippen LogP contribution in [0.25, 0.3) is 0 Å². The highest BCUT2D eigenvalue weighted by Gasteiger charge is 2.24. The smallest absolute Gasteiger partial charge is 0.224 e. The minimum absolute atomic E-state index is 0.0272. The highest BCUT2D eigenvalue weighted by molar-refractivity contribution is 5.78. The molecule has 1 rings (SSSR count). The van der Waals surface area contributed by atoms with E-state index in [1.165, 1.54) is 32.1 Å². The monoisotopic (exact) mass is 241 g/mol. The first-order valence-electron chi connectivity index (χ1n) is 7.16. The first kappa shape index (κ1) is 14.5. The van der Waals surface area contributed by atoms with Crippen LogP contribution in [0.4, 0.5) is 0 Å². The van der Waals surface area contributed by atoms with Gasteiger partial charge in [0, 0.05) is 19.6 Å². The Morgan fingerprint density at radius 3 is 2.59 bits per heavy atom. The van der Waals surface area contributed by atoms with Crippen molar-refractivity contribution in [2.24, 2.45) is 0 Å². The number of carbonyl (C=O) groups excluding carboxylic acids is 1. The maximum Gasteiger partial charge on any atom is 0.224 e. The van der Waals surface area contributed by atoms with Crippen molar-refractivity contribution < 1.29 is 9.53 Å². The number of amides is 1. The minimum Gasteiger partial charge on any atom is -0.359 e. The molecule has 3 heteroatoms. The van der Waals surface area contributed by atoms with Crippen molar-refractivity contribution in [3.63, 3.8) is 0 Å². The molecule has 0 saturated carbocycles. The number of rotatable bonds is 9. The van der Waals surface area contributed by atoms with E-state index in [-0.39, 0.29) is 12.1 Å². The van der Waals surface area contributed by atoms with Gasteiger partial charge in [0.25, 0.3) is 0 Å². The molecule has 1 unspecified atom stereocenters. The lowest BCUT2D eigenvalue weighted by molar-refractivity contribution is -0.139. The second-order valence-corrected chi connectivity index (χ2v) is 4.93. The Morgan fingerprint density at radius 2 is 1.94 bits per heavy atom. The molecule has 0 N–H and O–H groups in total. The Hall–Kier alpha value is -0.570. The molecule has 0 aromatic heterocycles. The molecule has 1 atom stereocenters. The minimum atomic E-state index is -0.0272. The molecule has 0 bridgehead atoms. The SMILES string of the molecule is CCCCCCCCOC(C)N1CCCC1=O. The summed E-state index contributed by atoms with van der Waals surface area (Å²) in [5, 5.41) is 0. The van der Waals surface area contributed by atoms with Crippen molar-refractivity contribution in [3.05, 3.63) is 0 Å². The third kappa shape index (κ3) is 5.53. The lowest BCUT2D eigenvalue weighted by atomic mass is 10.1. The number of carbonyl (C=O) groups is 1. The van der Waals surface area contributed by atoms with Crippen molar-refractivity contribution in [2.45, 2.75) is 71.4 Å². The molecule has 1 amide bonds. The Bertz CT molecular complexity index is 218. The van der Waals surface area contributed by atoms with Crippen molar-refractivity contribution in [3.8, 4) is 0 Å². The van der Waals surface area contributed by atoms with Gasteiger partial charge >= 0.3 is 0 Å². The summed E-state index contributed by atoms with van der Waals surface area (Å²) in [5.41, 5.74) is 0. The summed E-state index contributed by atoms with van der Waals surface area (Å²) in [4.78, 5) is 13.3. The summed E-state index contributed by atoms with van der Waals surface area (Å²) in [5.74, 6) is 0.250. The van der Waals surface area contributed by atoms with Crippen LogP contribution in [0.1, 0.15) is 65.2 Å². The van der Waals surface area contributed by atoms with Crippen molar-refractivity contribution in [2.75, 3.05) is 13.2 Å². The quantitative estimate of drug-likeness (QED) is 0.579. The van der Waals surface area contributed by atoms with Crippen LogP contribution in [0.2, 0.25) is 0 Å². The summed E-state index contributed by atoms with van der Waals surface area (Å²) in [6.45, 7) is 5.88. The van der Waals surface area contributed by atoms with E-state index in [9.17, 15) is 4.79 Å². The van der Waals surface area contributed by atoms with E-state index in [2.05, 4.69) is 6.92 Å². The molecule has 0 radical (unpaired) electrons. The summed E-state index contributed by atoms with van der Waals surface area (Å²) >= 11 is 0. The molecule has 0 aromatic carbocycles. The predicted octanol–water partition coefficient (Wildman–Crippen LogP) is 3.33. The Labute approximate surface area is 106 Å². The summed E-state index contributed by atoms with van der Waals surface area (Å²) in [6, 6.07) is 0. The molecule has 0 aromatic rings. The van der Waals surface area contributed by atoms with Gasteiger partial charge in [-0.3, -0.25) is 4.79 Å². The van der Waals surface area contributed by atoms with Crippen molar-refractivity contribution in [1.82, 2.24) is 4.90 Å². The van der Waals surface area contributed by atoms with Crippen LogP contribution >= 0.6 is 0 Å². The molecule has 100 valence electrons. The van der Waals surface area contributed by atoms with Gasteiger partial charge in [0.15, 0.2) is 0 Å². The molecule has 1 aliphatic heterocycles. The predicted molar refractivity (Wildman–Crippen MR) is 69.7 cm³/mol. The summed E-state index contributed by atoms with van der Waals surface area (Å²) in [7, 11) is 0. The molecule has 3 nitrogen and oxygen atoms in total. The molecule has 1 heterocycles. The molecule has 1 saturated heterocycles. The van der Waals surface area contributed by atoms with Crippen LogP contribution in [-0.2, 0) is 9.53 Å². The van der Waals surface area contributed by atoms with E-state index in [1.807, 2.05) is 11.8 Å². The van der Waals surface area contributed by atoms with Crippen molar-refractivity contribution >= 4 is 5.91 Å². The van der Waals surface area contributed by atoms with Gasteiger partial charge in [0.2, 0.25) is 5.91 Å². The molecule has 1 aliphatic rings. The van der Waals surface area contributed by atoms with Crippen LogP contribution in [0.5, 0.6) is 0 Å². The van der Waals surface area contributed by atoms with Crippen molar-refractivity contribution in [1.29, 1.82) is 0 Å². The molecular formula is C14H27NO2. The van der Waals surface area contributed by atoms with E-state index >= 15 is 0 Å². The molecule has 1 fully saturated rings. The van der Waals surface area contributed by atoms with E-state index in [4.69, 9.17) is 4.74 Å². The molecule has 17 heavy (non-hydrogen) atoms. The van der Waals surface area contributed by atoms with Gasteiger partial charge < -0.3 is 9.64 Å². The number of likely N-dealkylation sites (tertiary alicyclic amines) is 1. The van der Waals surface area contributed by atoms with Crippen LogP contribution in [0.3, 0.4) is 0 Å². The average Bonchev–Trinajstić information content (AvgIpc) is 2.74. The fourth-order valence-electron chi connectivity index (χ4n) is 2.28. The lowest BCUT2D eigenvalue weighted by Gasteiger charge is -2.24. The zero-order valence-electron chi connectivity index (χ0n) is 11.4. The van der Waals surface area contributed by atoms with Crippen LogP contribution in [0.15, 0.2) is 0 Å². The second kappa shape index (κ2) is 8.51. The second-order valence-electron chi connectivity index (χ2n) is 4.93. The summed E-state index contributed by atoms with van der Waals surface area (Å²) in [6.07, 6.45) is 9.33.